The highest BCUT2D eigenvalue weighted by Crippen LogP contribution is 2.14. The van der Waals surface area contributed by atoms with Crippen molar-refractivity contribution in [2.24, 2.45) is 0 Å². The Morgan fingerprint density at radius 1 is 1.47 bits per heavy atom. The monoisotopic (exact) mass is 341 g/mol. The van der Waals surface area contributed by atoms with E-state index in [1.54, 1.807) is 23.1 Å². The Kier molecular flexibility index (Phi) is 3.78. The second kappa shape index (κ2) is 5.31. The van der Waals surface area contributed by atoms with Crippen molar-refractivity contribution in [2.75, 3.05) is 5.32 Å². The molecule has 0 bridgehead atoms. The molecule has 17 heavy (non-hydrogen) atoms. The van der Waals surface area contributed by atoms with E-state index in [0.29, 0.717) is 0 Å². The minimum absolute atomic E-state index is 0.0734. The van der Waals surface area contributed by atoms with E-state index in [9.17, 15) is 4.79 Å². The van der Waals surface area contributed by atoms with Crippen LogP contribution in [0, 0.1) is 3.57 Å². The van der Waals surface area contributed by atoms with E-state index in [1.807, 2.05) is 31.2 Å². The van der Waals surface area contributed by atoms with Gasteiger partial charge in [-0.2, -0.15) is 5.10 Å². The maximum absolute atomic E-state index is 11.9. The summed E-state index contributed by atoms with van der Waals surface area (Å²) < 4.78 is 2.72. The van der Waals surface area contributed by atoms with Crippen molar-refractivity contribution in [3.05, 3.63) is 46.3 Å². The van der Waals surface area contributed by atoms with Crippen LogP contribution in [0.15, 0.2) is 42.7 Å². The van der Waals surface area contributed by atoms with Crippen molar-refractivity contribution in [3.8, 4) is 0 Å². The maximum Gasteiger partial charge on any atom is 0.248 e. The molecular formula is C12H12IN3O. The fraction of sp³-hybridized carbons (Fsp3) is 0.167. The molecule has 0 aliphatic carbocycles. The highest BCUT2D eigenvalue weighted by atomic mass is 127. The fourth-order valence-electron chi connectivity index (χ4n) is 1.44. The molecule has 1 heterocycles. The topological polar surface area (TPSA) is 46.9 Å². The second-order valence-electron chi connectivity index (χ2n) is 3.66. The van der Waals surface area contributed by atoms with Crippen molar-refractivity contribution < 1.29 is 4.79 Å². The quantitative estimate of drug-likeness (QED) is 0.873. The molecule has 5 heteroatoms. The van der Waals surface area contributed by atoms with E-state index in [0.717, 1.165) is 9.26 Å². The number of anilines is 1. The summed E-state index contributed by atoms with van der Waals surface area (Å²) in [4.78, 5) is 11.9. The summed E-state index contributed by atoms with van der Waals surface area (Å²) in [5.74, 6) is -0.0734. The molecule has 0 aliphatic heterocycles. The number of carbonyl (C=O) groups is 1. The van der Waals surface area contributed by atoms with E-state index in [2.05, 4.69) is 33.0 Å². The largest absolute Gasteiger partial charge is 0.324 e. The molecule has 88 valence electrons. The summed E-state index contributed by atoms with van der Waals surface area (Å²) in [7, 11) is 0. The van der Waals surface area contributed by atoms with Gasteiger partial charge in [0.1, 0.15) is 6.04 Å². The second-order valence-corrected chi connectivity index (χ2v) is 4.91. The van der Waals surface area contributed by atoms with E-state index >= 15 is 0 Å². The van der Waals surface area contributed by atoms with Crippen molar-refractivity contribution in [3.63, 3.8) is 0 Å². The first-order valence-corrected chi connectivity index (χ1v) is 6.30. The summed E-state index contributed by atoms with van der Waals surface area (Å²) in [6.45, 7) is 1.82. The first-order chi connectivity index (χ1) is 8.16. The van der Waals surface area contributed by atoms with Crippen LogP contribution in [0.4, 0.5) is 5.69 Å². The standard InChI is InChI=1S/C12H12IN3O/c1-9(16-7-3-6-14-16)12(17)15-11-5-2-4-10(13)8-11/h2-9H,1H3,(H,15,17). The average Bonchev–Trinajstić information content (AvgIpc) is 2.81. The fourth-order valence-corrected chi connectivity index (χ4v) is 1.99. The number of benzene rings is 1. The lowest BCUT2D eigenvalue weighted by Gasteiger charge is -2.12. The summed E-state index contributed by atoms with van der Waals surface area (Å²) >= 11 is 2.21. The van der Waals surface area contributed by atoms with Gasteiger partial charge in [-0.05, 0) is 53.8 Å². The van der Waals surface area contributed by atoms with Gasteiger partial charge in [-0.3, -0.25) is 9.48 Å². The molecule has 0 saturated heterocycles. The van der Waals surface area contributed by atoms with Crippen LogP contribution >= 0.6 is 22.6 Å². The molecule has 0 radical (unpaired) electrons. The van der Waals surface area contributed by atoms with Crippen molar-refractivity contribution in [1.29, 1.82) is 0 Å². The third-order valence-electron chi connectivity index (χ3n) is 2.39. The highest BCUT2D eigenvalue weighted by molar-refractivity contribution is 14.1. The van der Waals surface area contributed by atoms with Gasteiger partial charge in [-0.1, -0.05) is 6.07 Å². The first kappa shape index (κ1) is 12.1. The molecular weight excluding hydrogens is 329 g/mol. The van der Waals surface area contributed by atoms with Crippen molar-refractivity contribution in [1.82, 2.24) is 9.78 Å². The molecule has 1 amide bonds. The number of nitrogens with zero attached hydrogens (tertiary/aromatic N) is 2. The lowest BCUT2D eigenvalue weighted by Crippen LogP contribution is -2.23. The van der Waals surface area contributed by atoms with Gasteiger partial charge >= 0.3 is 0 Å². The lowest BCUT2D eigenvalue weighted by molar-refractivity contribution is -0.119. The van der Waals surface area contributed by atoms with Gasteiger partial charge in [0.15, 0.2) is 0 Å². The molecule has 1 aromatic carbocycles. The zero-order valence-electron chi connectivity index (χ0n) is 9.30. The van der Waals surface area contributed by atoms with Crippen LogP contribution in [-0.4, -0.2) is 15.7 Å². The third-order valence-corrected chi connectivity index (χ3v) is 3.06. The molecule has 1 atom stereocenters. The average molecular weight is 341 g/mol. The molecule has 1 unspecified atom stereocenters. The number of aromatic nitrogens is 2. The van der Waals surface area contributed by atoms with E-state index in [4.69, 9.17) is 0 Å². The van der Waals surface area contributed by atoms with Gasteiger partial charge in [-0.25, -0.2) is 0 Å². The zero-order valence-corrected chi connectivity index (χ0v) is 11.5. The third kappa shape index (κ3) is 3.06. The van der Waals surface area contributed by atoms with E-state index in [-0.39, 0.29) is 11.9 Å². The Bertz CT molecular complexity index is 510. The predicted molar refractivity (Wildman–Crippen MR) is 74.7 cm³/mol. The molecule has 1 N–H and O–H groups in total. The Balaban J connectivity index is 2.07. The van der Waals surface area contributed by atoms with Gasteiger partial charge in [0.25, 0.3) is 0 Å². The van der Waals surface area contributed by atoms with E-state index in [1.165, 1.54) is 0 Å². The van der Waals surface area contributed by atoms with Crippen LogP contribution in [-0.2, 0) is 4.79 Å². The Morgan fingerprint density at radius 2 is 2.29 bits per heavy atom. The normalized spacial score (nSPS) is 12.1. The molecule has 0 saturated carbocycles. The van der Waals surface area contributed by atoms with Crippen LogP contribution < -0.4 is 5.32 Å². The molecule has 4 nitrogen and oxygen atoms in total. The smallest absolute Gasteiger partial charge is 0.248 e. The number of hydrogen-bond donors (Lipinski definition) is 1. The number of hydrogen-bond acceptors (Lipinski definition) is 2. The number of halogens is 1. The number of carbonyl (C=O) groups excluding carboxylic acids is 1. The maximum atomic E-state index is 11.9. The lowest BCUT2D eigenvalue weighted by atomic mass is 10.3. The van der Waals surface area contributed by atoms with Crippen molar-refractivity contribution >= 4 is 34.2 Å². The zero-order chi connectivity index (χ0) is 12.3. The van der Waals surface area contributed by atoms with Crippen LogP contribution in [0.3, 0.4) is 0 Å². The molecule has 1 aromatic heterocycles. The Morgan fingerprint density at radius 3 is 2.94 bits per heavy atom. The van der Waals surface area contributed by atoms with E-state index < -0.39 is 0 Å². The summed E-state index contributed by atoms with van der Waals surface area (Å²) in [5, 5.41) is 6.92. The van der Waals surface area contributed by atoms with Crippen molar-refractivity contribution in [2.45, 2.75) is 13.0 Å². The summed E-state index contributed by atoms with van der Waals surface area (Å²) in [6.07, 6.45) is 3.44. The minimum Gasteiger partial charge on any atom is -0.324 e. The molecule has 2 rings (SSSR count). The highest BCUT2D eigenvalue weighted by Gasteiger charge is 2.14. The van der Waals surface area contributed by atoms with Crippen LogP contribution in [0.2, 0.25) is 0 Å². The van der Waals surface area contributed by atoms with Crippen LogP contribution in [0.5, 0.6) is 0 Å². The number of nitrogens with one attached hydrogen (secondary N) is 1. The van der Waals surface area contributed by atoms with Gasteiger partial charge in [0, 0.05) is 21.7 Å². The first-order valence-electron chi connectivity index (χ1n) is 5.22. The van der Waals surface area contributed by atoms with Gasteiger partial charge in [0.05, 0.1) is 0 Å². The Hall–Kier alpha value is -1.37. The summed E-state index contributed by atoms with van der Waals surface area (Å²) in [5.41, 5.74) is 0.806. The Labute approximate surface area is 113 Å². The van der Waals surface area contributed by atoms with Gasteiger partial charge in [0.2, 0.25) is 5.91 Å². The molecule has 0 aliphatic rings. The molecule has 0 spiro atoms. The van der Waals surface area contributed by atoms with Crippen LogP contribution in [0.1, 0.15) is 13.0 Å². The molecule has 2 aromatic rings. The summed E-state index contributed by atoms with van der Waals surface area (Å²) in [6, 6.07) is 9.17. The van der Waals surface area contributed by atoms with Gasteiger partial charge < -0.3 is 5.32 Å². The molecule has 0 fully saturated rings. The predicted octanol–water partition coefficient (Wildman–Crippen LogP) is 2.69. The van der Waals surface area contributed by atoms with Crippen LogP contribution in [0.25, 0.3) is 0 Å². The number of rotatable bonds is 3. The SMILES string of the molecule is CC(C(=O)Nc1cccc(I)c1)n1cccn1. The minimum atomic E-state index is -0.317. The van der Waals surface area contributed by atoms with Gasteiger partial charge in [-0.15, -0.1) is 0 Å². The number of amides is 1.